The number of rotatable bonds is 7. The van der Waals surface area contributed by atoms with E-state index in [1.807, 2.05) is 11.0 Å². The zero-order valence-corrected chi connectivity index (χ0v) is 18.2. The number of furan rings is 1. The number of aromatic nitrogens is 2. The minimum absolute atomic E-state index is 0.136. The molecule has 164 valence electrons. The number of methoxy groups -OCH3 is 1. The van der Waals surface area contributed by atoms with Gasteiger partial charge in [-0.05, 0) is 44.1 Å². The summed E-state index contributed by atoms with van der Waals surface area (Å²) in [5.41, 5.74) is 1.69. The summed E-state index contributed by atoms with van der Waals surface area (Å²) >= 11 is 0. The monoisotopic (exact) mass is 423 g/mol. The number of benzene rings is 1. The van der Waals surface area contributed by atoms with E-state index in [0.29, 0.717) is 49.9 Å². The number of amides is 1. The van der Waals surface area contributed by atoms with Crippen LogP contribution >= 0.6 is 0 Å². The Morgan fingerprint density at radius 3 is 2.68 bits per heavy atom. The van der Waals surface area contributed by atoms with Gasteiger partial charge in [0.15, 0.2) is 0 Å². The summed E-state index contributed by atoms with van der Waals surface area (Å²) in [7, 11) is 1.63. The fourth-order valence-corrected chi connectivity index (χ4v) is 4.38. The molecule has 0 bridgehead atoms. The van der Waals surface area contributed by atoms with Crippen molar-refractivity contribution >= 4 is 17.0 Å². The van der Waals surface area contributed by atoms with E-state index in [1.54, 1.807) is 14.0 Å². The maximum absolute atomic E-state index is 13.4. The maximum Gasteiger partial charge on any atom is 0.265 e. The van der Waals surface area contributed by atoms with Gasteiger partial charge in [-0.25, -0.2) is 4.98 Å². The molecule has 7 nitrogen and oxygen atoms in total. The molecule has 1 aliphatic heterocycles. The van der Waals surface area contributed by atoms with Gasteiger partial charge < -0.3 is 14.1 Å². The third kappa shape index (κ3) is 4.56. The molecule has 0 unspecified atom stereocenters. The molecule has 1 amide bonds. The number of nitrogens with zero attached hydrogens (tertiary/aromatic N) is 3. The molecular formula is C24H29N3O4. The van der Waals surface area contributed by atoms with Crippen LogP contribution in [0.3, 0.4) is 0 Å². The fraction of sp³-hybridized carbons (Fsp3) is 0.458. The average Bonchev–Trinajstić information content (AvgIpc) is 3.13. The van der Waals surface area contributed by atoms with Crippen LogP contribution in [0.25, 0.3) is 11.1 Å². The number of likely N-dealkylation sites (tertiary alicyclic amines) is 1. The lowest BCUT2D eigenvalue weighted by molar-refractivity contribution is 0.0690. The predicted octanol–water partition coefficient (Wildman–Crippen LogP) is 3.43. The molecule has 0 N–H and O–H groups in total. The number of carbonyl (C=O) groups is 1. The molecule has 0 radical (unpaired) electrons. The van der Waals surface area contributed by atoms with Gasteiger partial charge in [0.2, 0.25) is 5.71 Å². The Morgan fingerprint density at radius 2 is 1.97 bits per heavy atom. The Morgan fingerprint density at radius 1 is 1.23 bits per heavy atom. The number of carbonyl (C=O) groups excluding carboxylic acids is 1. The van der Waals surface area contributed by atoms with Crippen LogP contribution in [0.4, 0.5) is 0 Å². The number of aryl methyl sites for hydroxylation is 2. The molecular weight excluding hydrogens is 394 g/mol. The first-order valence-electron chi connectivity index (χ1n) is 10.9. The maximum atomic E-state index is 13.4. The standard InChI is InChI=1S/C24H29N3O4/c1-17-20(21-22(31-17)25-16-27(24(21)29)11-6-14-30-2)23(28)26-12-9-19(10-13-26)15-18-7-4-3-5-8-18/h3-5,7-8,16,19H,6,9-15H2,1-2H3. The van der Waals surface area contributed by atoms with Crippen LogP contribution in [0, 0.1) is 12.8 Å². The Labute approximate surface area is 181 Å². The second-order valence-corrected chi connectivity index (χ2v) is 8.23. The predicted molar refractivity (Wildman–Crippen MR) is 118 cm³/mol. The fourth-order valence-electron chi connectivity index (χ4n) is 4.38. The van der Waals surface area contributed by atoms with Crippen LogP contribution in [0.5, 0.6) is 0 Å². The number of hydrogen-bond donors (Lipinski definition) is 0. The highest BCUT2D eigenvalue weighted by atomic mass is 16.5. The average molecular weight is 424 g/mol. The topological polar surface area (TPSA) is 77.6 Å². The Hall–Kier alpha value is -2.93. The molecule has 7 heteroatoms. The number of hydrogen-bond acceptors (Lipinski definition) is 5. The van der Waals surface area contributed by atoms with E-state index in [2.05, 4.69) is 29.2 Å². The molecule has 1 fully saturated rings. The smallest absolute Gasteiger partial charge is 0.265 e. The number of piperidine rings is 1. The second kappa shape index (κ2) is 9.47. The first-order chi connectivity index (χ1) is 15.1. The molecule has 31 heavy (non-hydrogen) atoms. The zero-order chi connectivity index (χ0) is 21.8. The molecule has 4 rings (SSSR count). The van der Waals surface area contributed by atoms with Crippen LogP contribution in [0.2, 0.25) is 0 Å². The van der Waals surface area contributed by atoms with Crippen molar-refractivity contribution in [3.63, 3.8) is 0 Å². The van der Waals surface area contributed by atoms with Gasteiger partial charge in [0.05, 0.1) is 5.56 Å². The third-order valence-electron chi connectivity index (χ3n) is 6.09. The van der Waals surface area contributed by atoms with E-state index < -0.39 is 0 Å². The summed E-state index contributed by atoms with van der Waals surface area (Å²) in [6.07, 6.45) is 5.11. The van der Waals surface area contributed by atoms with Crippen LogP contribution < -0.4 is 5.56 Å². The van der Waals surface area contributed by atoms with Crippen molar-refractivity contribution in [2.45, 2.75) is 39.2 Å². The van der Waals surface area contributed by atoms with Gasteiger partial charge in [0, 0.05) is 33.4 Å². The summed E-state index contributed by atoms with van der Waals surface area (Å²) in [5.74, 6) is 0.877. The molecule has 3 aromatic rings. The van der Waals surface area contributed by atoms with Crippen molar-refractivity contribution in [1.82, 2.24) is 14.5 Å². The van der Waals surface area contributed by atoms with E-state index in [4.69, 9.17) is 9.15 Å². The van der Waals surface area contributed by atoms with Gasteiger partial charge in [-0.3, -0.25) is 14.2 Å². The molecule has 2 aromatic heterocycles. The lowest BCUT2D eigenvalue weighted by Gasteiger charge is -2.32. The second-order valence-electron chi connectivity index (χ2n) is 8.23. The van der Waals surface area contributed by atoms with Crippen molar-refractivity contribution in [3.05, 3.63) is 63.9 Å². The molecule has 1 aromatic carbocycles. The number of fused-ring (bicyclic) bond motifs is 1. The van der Waals surface area contributed by atoms with E-state index in [0.717, 1.165) is 19.3 Å². The largest absolute Gasteiger partial charge is 0.442 e. The van der Waals surface area contributed by atoms with Crippen molar-refractivity contribution < 1.29 is 13.9 Å². The normalized spacial score (nSPS) is 15.0. The molecule has 1 aliphatic rings. The van der Waals surface area contributed by atoms with Crippen molar-refractivity contribution in [3.8, 4) is 0 Å². The van der Waals surface area contributed by atoms with Crippen LogP contribution in [0.15, 0.2) is 45.9 Å². The highest BCUT2D eigenvalue weighted by Crippen LogP contribution is 2.27. The van der Waals surface area contributed by atoms with Gasteiger partial charge in [0.25, 0.3) is 11.5 Å². The summed E-state index contributed by atoms with van der Waals surface area (Å²) in [4.78, 5) is 32.5. The van der Waals surface area contributed by atoms with Gasteiger partial charge in [0.1, 0.15) is 17.5 Å². The van der Waals surface area contributed by atoms with E-state index >= 15 is 0 Å². The van der Waals surface area contributed by atoms with E-state index in [1.165, 1.54) is 16.5 Å². The first-order valence-corrected chi connectivity index (χ1v) is 10.9. The molecule has 0 atom stereocenters. The minimum atomic E-state index is -0.236. The van der Waals surface area contributed by atoms with Crippen LogP contribution in [-0.2, 0) is 17.7 Å². The Balaban J connectivity index is 1.50. The van der Waals surface area contributed by atoms with Gasteiger partial charge in [-0.15, -0.1) is 0 Å². The molecule has 0 spiro atoms. The summed E-state index contributed by atoms with van der Waals surface area (Å²) in [6, 6.07) is 10.5. The van der Waals surface area contributed by atoms with Crippen molar-refractivity contribution in [2.75, 3.05) is 26.8 Å². The lowest BCUT2D eigenvalue weighted by Crippen LogP contribution is -2.39. The molecule has 1 saturated heterocycles. The van der Waals surface area contributed by atoms with Gasteiger partial charge in [-0.1, -0.05) is 30.3 Å². The van der Waals surface area contributed by atoms with E-state index in [9.17, 15) is 9.59 Å². The third-order valence-corrected chi connectivity index (χ3v) is 6.09. The SMILES string of the molecule is COCCCn1cnc2oc(C)c(C(=O)N3CCC(Cc4ccccc4)CC3)c2c1=O. The molecule has 3 heterocycles. The van der Waals surface area contributed by atoms with Crippen molar-refractivity contribution in [2.24, 2.45) is 5.92 Å². The summed E-state index contributed by atoms with van der Waals surface area (Å²) in [5, 5.41) is 0.286. The minimum Gasteiger partial charge on any atom is -0.442 e. The van der Waals surface area contributed by atoms with Gasteiger partial charge >= 0.3 is 0 Å². The molecule has 0 aliphatic carbocycles. The highest BCUT2D eigenvalue weighted by molar-refractivity contribution is 6.06. The zero-order valence-electron chi connectivity index (χ0n) is 18.2. The van der Waals surface area contributed by atoms with Gasteiger partial charge in [-0.2, -0.15) is 0 Å². The van der Waals surface area contributed by atoms with E-state index in [-0.39, 0.29) is 22.6 Å². The Bertz CT molecular complexity index is 1100. The molecule has 0 saturated carbocycles. The quantitative estimate of drug-likeness (QED) is 0.544. The Kier molecular flexibility index (Phi) is 6.51. The van der Waals surface area contributed by atoms with Crippen LogP contribution in [-0.4, -0.2) is 47.2 Å². The van der Waals surface area contributed by atoms with Crippen LogP contribution in [0.1, 0.15) is 40.9 Å². The van der Waals surface area contributed by atoms with Crippen molar-refractivity contribution in [1.29, 1.82) is 0 Å². The summed E-state index contributed by atoms with van der Waals surface area (Å²) in [6.45, 7) is 4.14. The number of ether oxygens (including phenoxy) is 1. The summed E-state index contributed by atoms with van der Waals surface area (Å²) < 4.78 is 12.3. The highest BCUT2D eigenvalue weighted by Gasteiger charge is 2.29. The first kappa shape index (κ1) is 21.3. The lowest BCUT2D eigenvalue weighted by atomic mass is 9.90.